The van der Waals surface area contributed by atoms with Crippen molar-refractivity contribution in [2.75, 3.05) is 27.9 Å². The summed E-state index contributed by atoms with van der Waals surface area (Å²) in [7, 11) is 4.81. The van der Waals surface area contributed by atoms with Crippen molar-refractivity contribution in [1.29, 1.82) is 0 Å². The van der Waals surface area contributed by atoms with E-state index in [0.29, 0.717) is 6.61 Å². The quantitative estimate of drug-likeness (QED) is 0.770. The Labute approximate surface area is 108 Å². The largest absolute Gasteiger partial charge is 0.365 e. The van der Waals surface area contributed by atoms with Gasteiger partial charge in [0, 0.05) is 21.3 Å². The number of ether oxygens (including phenoxy) is 4. The van der Waals surface area contributed by atoms with E-state index in [1.54, 1.807) is 21.3 Å². The Kier molecular flexibility index (Phi) is 4.02. The van der Waals surface area contributed by atoms with Crippen molar-refractivity contribution in [3.8, 4) is 0 Å². The molecule has 2 rings (SSSR count). The highest BCUT2D eigenvalue weighted by Crippen LogP contribution is 2.46. The maximum atomic E-state index is 5.79. The Morgan fingerprint density at radius 2 is 1.67 bits per heavy atom. The first kappa shape index (κ1) is 13.5. The van der Waals surface area contributed by atoms with Crippen LogP contribution in [0.3, 0.4) is 0 Å². The van der Waals surface area contributed by atoms with Gasteiger partial charge in [0.1, 0.15) is 0 Å². The molecule has 1 heterocycles. The standard InChI is InChI=1S/C14H20O4/c1-15-13(12-8-5-4-6-9-12)10-7-11-18-14(13,16-2)17-3/h4-6,8-9H,7,10-11H2,1-3H3. The third kappa shape index (κ3) is 1.86. The molecule has 100 valence electrons. The molecule has 4 heteroatoms. The lowest BCUT2D eigenvalue weighted by Crippen LogP contribution is -2.60. The van der Waals surface area contributed by atoms with Crippen molar-refractivity contribution in [3.05, 3.63) is 35.9 Å². The third-order valence-corrected chi connectivity index (χ3v) is 3.59. The second-order valence-electron chi connectivity index (χ2n) is 4.31. The average Bonchev–Trinajstić information content (AvgIpc) is 2.47. The van der Waals surface area contributed by atoms with Crippen molar-refractivity contribution in [2.24, 2.45) is 0 Å². The summed E-state index contributed by atoms with van der Waals surface area (Å²) in [6.07, 6.45) is 1.69. The summed E-state index contributed by atoms with van der Waals surface area (Å²) in [5, 5.41) is 0. The highest BCUT2D eigenvalue weighted by atomic mass is 16.9. The lowest BCUT2D eigenvalue weighted by atomic mass is 9.84. The minimum Gasteiger partial charge on any atom is -0.365 e. The van der Waals surface area contributed by atoms with Gasteiger partial charge in [-0.2, -0.15) is 0 Å². The average molecular weight is 252 g/mol. The zero-order valence-corrected chi connectivity index (χ0v) is 11.1. The molecule has 1 atom stereocenters. The molecule has 1 aromatic carbocycles. The molecule has 1 aromatic rings. The summed E-state index contributed by atoms with van der Waals surface area (Å²) >= 11 is 0. The number of rotatable bonds is 4. The van der Waals surface area contributed by atoms with Crippen molar-refractivity contribution < 1.29 is 18.9 Å². The first-order chi connectivity index (χ1) is 8.74. The Morgan fingerprint density at radius 3 is 2.22 bits per heavy atom. The Morgan fingerprint density at radius 1 is 1.00 bits per heavy atom. The molecule has 0 N–H and O–H groups in total. The maximum Gasteiger partial charge on any atom is 0.317 e. The van der Waals surface area contributed by atoms with Gasteiger partial charge in [-0.05, 0) is 18.4 Å². The van der Waals surface area contributed by atoms with Crippen molar-refractivity contribution in [3.63, 3.8) is 0 Å². The van der Waals surface area contributed by atoms with Gasteiger partial charge in [0.15, 0.2) is 5.60 Å². The lowest BCUT2D eigenvalue weighted by molar-refractivity contribution is -0.449. The number of hydrogen-bond acceptors (Lipinski definition) is 4. The highest BCUT2D eigenvalue weighted by molar-refractivity contribution is 5.25. The second-order valence-corrected chi connectivity index (χ2v) is 4.31. The molecule has 0 aromatic heterocycles. The van der Waals surface area contributed by atoms with Gasteiger partial charge in [-0.15, -0.1) is 0 Å². The zero-order valence-electron chi connectivity index (χ0n) is 11.1. The first-order valence-corrected chi connectivity index (χ1v) is 6.09. The fraction of sp³-hybridized carbons (Fsp3) is 0.571. The van der Waals surface area contributed by atoms with Gasteiger partial charge in [0.2, 0.25) is 0 Å². The van der Waals surface area contributed by atoms with E-state index in [2.05, 4.69) is 0 Å². The van der Waals surface area contributed by atoms with E-state index in [-0.39, 0.29) is 0 Å². The van der Waals surface area contributed by atoms with Gasteiger partial charge in [-0.25, -0.2) is 0 Å². The topological polar surface area (TPSA) is 36.9 Å². The molecule has 1 fully saturated rings. The van der Waals surface area contributed by atoms with E-state index >= 15 is 0 Å². The summed E-state index contributed by atoms with van der Waals surface area (Å²) in [6, 6.07) is 9.93. The van der Waals surface area contributed by atoms with Gasteiger partial charge >= 0.3 is 5.97 Å². The number of methoxy groups -OCH3 is 3. The smallest absolute Gasteiger partial charge is 0.317 e. The number of benzene rings is 1. The Bertz CT molecular complexity index is 375. The molecule has 4 nitrogen and oxygen atoms in total. The van der Waals surface area contributed by atoms with Crippen LogP contribution in [0.15, 0.2) is 30.3 Å². The molecule has 0 saturated carbocycles. The predicted octanol–water partition coefficient (Wildman–Crippen LogP) is 2.29. The molecular formula is C14H20O4. The summed E-state index contributed by atoms with van der Waals surface area (Å²) in [5.41, 5.74) is 0.256. The highest BCUT2D eigenvalue weighted by Gasteiger charge is 2.58. The minimum atomic E-state index is -1.19. The van der Waals surface area contributed by atoms with Gasteiger partial charge in [0.25, 0.3) is 0 Å². The molecule has 0 spiro atoms. The minimum absolute atomic E-state index is 0.597. The molecule has 1 aliphatic heterocycles. The van der Waals surface area contributed by atoms with Crippen LogP contribution in [0, 0.1) is 0 Å². The SMILES string of the molecule is COC1(OC)OCCCC1(OC)c1ccccc1. The van der Waals surface area contributed by atoms with Gasteiger partial charge < -0.3 is 18.9 Å². The monoisotopic (exact) mass is 252 g/mol. The van der Waals surface area contributed by atoms with Gasteiger partial charge in [0.05, 0.1) is 6.61 Å². The van der Waals surface area contributed by atoms with Gasteiger partial charge in [-0.1, -0.05) is 30.3 Å². The van der Waals surface area contributed by atoms with Crippen LogP contribution < -0.4 is 0 Å². The van der Waals surface area contributed by atoms with E-state index in [1.165, 1.54) is 0 Å². The summed E-state index contributed by atoms with van der Waals surface area (Å²) in [5.74, 6) is -1.19. The summed E-state index contributed by atoms with van der Waals surface area (Å²) in [4.78, 5) is 0. The summed E-state index contributed by atoms with van der Waals surface area (Å²) in [6.45, 7) is 0.597. The molecule has 0 amide bonds. The van der Waals surface area contributed by atoms with Crippen LogP contribution >= 0.6 is 0 Å². The molecule has 18 heavy (non-hydrogen) atoms. The molecular weight excluding hydrogens is 232 g/mol. The van der Waals surface area contributed by atoms with Crippen molar-refractivity contribution in [2.45, 2.75) is 24.4 Å². The Balaban J connectivity index is 2.51. The van der Waals surface area contributed by atoms with Crippen LogP contribution in [0.25, 0.3) is 0 Å². The van der Waals surface area contributed by atoms with E-state index in [4.69, 9.17) is 18.9 Å². The van der Waals surface area contributed by atoms with E-state index in [9.17, 15) is 0 Å². The molecule has 0 radical (unpaired) electrons. The number of hydrogen-bond donors (Lipinski definition) is 0. The molecule has 1 unspecified atom stereocenters. The molecule has 1 aliphatic rings. The van der Waals surface area contributed by atoms with E-state index < -0.39 is 11.6 Å². The molecule has 0 aliphatic carbocycles. The Hall–Kier alpha value is -0.940. The van der Waals surface area contributed by atoms with Crippen LogP contribution in [0.5, 0.6) is 0 Å². The first-order valence-electron chi connectivity index (χ1n) is 6.09. The lowest BCUT2D eigenvalue weighted by Gasteiger charge is -2.49. The molecule has 1 saturated heterocycles. The summed E-state index contributed by atoms with van der Waals surface area (Å²) < 4.78 is 22.6. The second kappa shape index (κ2) is 5.36. The molecule has 0 bridgehead atoms. The van der Waals surface area contributed by atoms with Crippen LogP contribution in [0.4, 0.5) is 0 Å². The fourth-order valence-corrected chi connectivity index (χ4v) is 2.70. The van der Waals surface area contributed by atoms with Crippen molar-refractivity contribution >= 4 is 0 Å². The van der Waals surface area contributed by atoms with Gasteiger partial charge in [-0.3, -0.25) is 0 Å². The normalized spacial score (nSPS) is 27.1. The predicted molar refractivity (Wildman–Crippen MR) is 67.1 cm³/mol. The van der Waals surface area contributed by atoms with Crippen LogP contribution in [-0.2, 0) is 24.5 Å². The zero-order chi connectivity index (χ0) is 13.1. The van der Waals surface area contributed by atoms with Crippen molar-refractivity contribution in [1.82, 2.24) is 0 Å². The van der Waals surface area contributed by atoms with E-state index in [0.717, 1.165) is 18.4 Å². The fourth-order valence-electron chi connectivity index (χ4n) is 2.70. The van der Waals surface area contributed by atoms with Crippen LogP contribution in [0.2, 0.25) is 0 Å². The van der Waals surface area contributed by atoms with E-state index in [1.807, 2.05) is 30.3 Å². The third-order valence-electron chi connectivity index (χ3n) is 3.59. The van der Waals surface area contributed by atoms with Crippen LogP contribution in [0.1, 0.15) is 18.4 Å². The maximum absolute atomic E-state index is 5.79. The van der Waals surface area contributed by atoms with Crippen LogP contribution in [-0.4, -0.2) is 33.9 Å².